The Labute approximate surface area is 98.3 Å². The van der Waals surface area contributed by atoms with E-state index in [-0.39, 0.29) is 6.42 Å². The molecule has 0 unspecified atom stereocenters. The fourth-order valence-corrected chi connectivity index (χ4v) is 1.73. The van der Waals surface area contributed by atoms with Gasteiger partial charge in [-0.15, -0.1) is 0 Å². The Morgan fingerprint density at radius 2 is 1.88 bits per heavy atom. The Balaban J connectivity index is 2.78. The van der Waals surface area contributed by atoms with Gasteiger partial charge in [0.05, 0.1) is 6.61 Å². The van der Waals surface area contributed by atoms with Gasteiger partial charge in [0, 0.05) is 20.3 Å². The Morgan fingerprint density at radius 1 is 1.29 bits per heavy atom. The summed E-state index contributed by atoms with van der Waals surface area (Å²) in [4.78, 5) is 21.8. The molecule has 2 N–H and O–H groups in total. The number of carbonyl (C=O) groups excluding carboxylic acids is 2. The van der Waals surface area contributed by atoms with Crippen LogP contribution in [0.2, 0.25) is 0 Å². The summed E-state index contributed by atoms with van der Waals surface area (Å²) in [5.74, 6) is -1.14. The maximum absolute atomic E-state index is 10.9. The van der Waals surface area contributed by atoms with Crippen molar-refractivity contribution in [1.29, 1.82) is 0 Å². The van der Waals surface area contributed by atoms with Crippen LogP contribution in [0.25, 0.3) is 0 Å². The highest BCUT2D eigenvalue weighted by molar-refractivity contribution is 5.67. The summed E-state index contributed by atoms with van der Waals surface area (Å²) in [6.45, 7) is 1.96. The van der Waals surface area contributed by atoms with Crippen LogP contribution in [-0.4, -0.2) is 53.4 Å². The van der Waals surface area contributed by atoms with E-state index < -0.39 is 43.1 Å². The van der Waals surface area contributed by atoms with E-state index in [4.69, 9.17) is 19.3 Å². The quantitative estimate of drug-likeness (QED) is 0.614. The molecule has 0 aromatic rings. The molecule has 1 aliphatic heterocycles. The van der Waals surface area contributed by atoms with Gasteiger partial charge in [0.25, 0.3) is 0 Å². The normalized spacial score (nSPS) is 32.9. The van der Waals surface area contributed by atoms with Gasteiger partial charge < -0.3 is 24.4 Å². The van der Waals surface area contributed by atoms with Crippen molar-refractivity contribution in [3.8, 4) is 0 Å². The minimum Gasteiger partial charge on any atom is -0.458 e. The van der Waals surface area contributed by atoms with Crippen LogP contribution >= 0.6 is 0 Å². The first kappa shape index (κ1) is 13.9. The minimum atomic E-state index is -1.16. The number of carbonyl (C=O) groups is 2. The summed E-state index contributed by atoms with van der Waals surface area (Å²) in [5, 5.41) is 18.5. The molecule has 7 heteroatoms. The first-order chi connectivity index (χ1) is 7.93. The summed E-state index contributed by atoms with van der Waals surface area (Å²) < 4.78 is 14.9. The zero-order chi connectivity index (χ0) is 13.0. The molecule has 17 heavy (non-hydrogen) atoms. The summed E-state index contributed by atoms with van der Waals surface area (Å²) >= 11 is 0. The second-order valence-electron chi connectivity index (χ2n) is 3.77. The molecule has 0 saturated carbocycles. The summed E-state index contributed by atoms with van der Waals surface area (Å²) in [7, 11) is 0. The molecule has 0 spiro atoms. The van der Waals surface area contributed by atoms with Crippen molar-refractivity contribution in [2.24, 2.45) is 0 Å². The van der Waals surface area contributed by atoms with E-state index in [1.54, 1.807) is 0 Å². The van der Waals surface area contributed by atoms with Gasteiger partial charge in [-0.25, -0.2) is 0 Å². The zero-order valence-corrected chi connectivity index (χ0v) is 9.66. The number of aliphatic hydroxyl groups is 2. The van der Waals surface area contributed by atoms with Gasteiger partial charge in [0.1, 0.15) is 12.2 Å². The molecule has 0 aromatic heterocycles. The first-order valence-corrected chi connectivity index (χ1v) is 5.23. The molecule has 1 saturated heterocycles. The number of aliphatic hydroxyl groups excluding tert-OH is 2. The number of esters is 2. The van der Waals surface area contributed by atoms with Crippen LogP contribution in [-0.2, 0) is 23.8 Å². The van der Waals surface area contributed by atoms with E-state index in [2.05, 4.69) is 0 Å². The third kappa shape index (κ3) is 3.95. The number of rotatable bonds is 3. The minimum absolute atomic E-state index is 0.00593. The molecule has 1 fully saturated rings. The fourth-order valence-electron chi connectivity index (χ4n) is 1.73. The molecule has 98 valence electrons. The SMILES string of the molecule is CC(=O)O[C@H]1[C@H](OC(C)=O)C[C@@H](O)O[C@@H]1CO. The fraction of sp³-hybridized carbons (Fsp3) is 0.800. The molecule has 4 atom stereocenters. The lowest BCUT2D eigenvalue weighted by Gasteiger charge is -2.37. The van der Waals surface area contributed by atoms with Crippen LogP contribution in [0.3, 0.4) is 0 Å². The Hall–Kier alpha value is -1.18. The smallest absolute Gasteiger partial charge is 0.303 e. The Bertz CT molecular complexity index is 290. The number of hydrogen-bond acceptors (Lipinski definition) is 7. The van der Waals surface area contributed by atoms with Gasteiger partial charge >= 0.3 is 11.9 Å². The second-order valence-corrected chi connectivity index (χ2v) is 3.77. The lowest BCUT2D eigenvalue weighted by molar-refractivity contribution is -0.251. The standard InChI is InChI=1S/C10H16O7/c1-5(12)15-7-3-9(14)17-8(4-11)10(7)16-6(2)13/h7-11,14H,3-4H2,1-2H3/t7-,8-,9+,10+/m1/s1. The van der Waals surface area contributed by atoms with Crippen molar-refractivity contribution < 1.29 is 34.0 Å². The summed E-state index contributed by atoms with van der Waals surface area (Å²) in [5.41, 5.74) is 0. The van der Waals surface area contributed by atoms with E-state index in [0.717, 1.165) is 0 Å². The van der Waals surface area contributed by atoms with Gasteiger partial charge in [-0.2, -0.15) is 0 Å². The molecule has 0 aliphatic carbocycles. The van der Waals surface area contributed by atoms with E-state index >= 15 is 0 Å². The first-order valence-electron chi connectivity index (χ1n) is 5.23. The van der Waals surface area contributed by atoms with Gasteiger partial charge in [0.2, 0.25) is 0 Å². The molecule has 0 aromatic carbocycles. The van der Waals surface area contributed by atoms with Crippen molar-refractivity contribution in [3.05, 3.63) is 0 Å². The van der Waals surface area contributed by atoms with Crippen molar-refractivity contribution in [2.45, 2.75) is 44.9 Å². The van der Waals surface area contributed by atoms with E-state index in [0.29, 0.717) is 0 Å². The lowest BCUT2D eigenvalue weighted by Crippen LogP contribution is -2.53. The number of ether oxygens (including phenoxy) is 3. The van der Waals surface area contributed by atoms with Gasteiger partial charge in [-0.3, -0.25) is 9.59 Å². The molecule has 0 amide bonds. The monoisotopic (exact) mass is 248 g/mol. The van der Waals surface area contributed by atoms with Crippen LogP contribution in [0, 0.1) is 0 Å². The molecule has 7 nitrogen and oxygen atoms in total. The third-order valence-corrected chi connectivity index (χ3v) is 2.30. The molecule has 1 heterocycles. The second kappa shape index (κ2) is 5.95. The molecular formula is C10H16O7. The average molecular weight is 248 g/mol. The van der Waals surface area contributed by atoms with Crippen LogP contribution in [0.1, 0.15) is 20.3 Å². The van der Waals surface area contributed by atoms with Crippen LogP contribution in [0.15, 0.2) is 0 Å². The molecule has 1 rings (SSSR count). The van der Waals surface area contributed by atoms with Crippen LogP contribution in [0.4, 0.5) is 0 Å². The molecule has 1 aliphatic rings. The largest absolute Gasteiger partial charge is 0.458 e. The van der Waals surface area contributed by atoms with E-state index in [9.17, 15) is 14.7 Å². The highest BCUT2D eigenvalue weighted by atomic mass is 16.7. The zero-order valence-electron chi connectivity index (χ0n) is 9.66. The van der Waals surface area contributed by atoms with Gasteiger partial charge in [-0.05, 0) is 0 Å². The van der Waals surface area contributed by atoms with E-state index in [1.165, 1.54) is 13.8 Å². The maximum atomic E-state index is 10.9. The van der Waals surface area contributed by atoms with Crippen molar-refractivity contribution >= 4 is 11.9 Å². The van der Waals surface area contributed by atoms with E-state index in [1.807, 2.05) is 0 Å². The summed E-state index contributed by atoms with van der Waals surface area (Å²) in [6.07, 6.45) is -3.81. The Morgan fingerprint density at radius 3 is 2.35 bits per heavy atom. The predicted octanol–water partition coefficient (Wildman–Crippen LogP) is -1.05. The van der Waals surface area contributed by atoms with Gasteiger partial charge in [-0.1, -0.05) is 0 Å². The molecule has 0 radical (unpaired) electrons. The maximum Gasteiger partial charge on any atom is 0.303 e. The van der Waals surface area contributed by atoms with Crippen LogP contribution < -0.4 is 0 Å². The number of hydrogen-bond donors (Lipinski definition) is 2. The topological polar surface area (TPSA) is 102 Å². The van der Waals surface area contributed by atoms with Crippen molar-refractivity contribution in [2.75, 3.05) is 6.61 Å². The molecule has 0 bridgehead atoms. The predicted molar refractivity (Wildman–Crippen MR) is 53.7 cm³/mol. The highest BCUT2D eigenvalue weighted by Crippen LogP contribution is 2.24. The highest BCUT2D eigenvalue weighted by Gasteiger charge is 2.42. The molecular weight excluding hydrogens is 232 g/mol. The van der Waals surface area contributed by atoms with Crippen LogP contribution in [0.5, 0.6) is 0 Å². The summed E-state index contributed by atoms with van der Waals surface area (Å²) in [6, 6.07) is 0. The average Bonchev–Trinajstić information content (AvgIpc) is 2.20. The third-order valence-electron chi connectivity index (χ3n) is 2.30. The van der Waals surface area contributed by atoms with Crippen molar-refractivity contribution in [1.82, 2.24) is 0 Å². The Kier molecular flexibility index (Phi) is 4.86. The van der Waals surface area contributed by atoms with Crippen molar-refractivity contribution in [3.63, 3.8) is 0 Å². The lowest BCUT2D eigenvalue weighted by atomic mass is 10.0. The van der Waals surface area contributed by atoms with Gasteiger partial charge in [0.15, 0.2) is 12.4 Å².